The van der Waals surface area contributed by atoms with E-state index >= 15 is 0 Å². The van der Waals surface area contributed by atoms with E-state index in [1.807, 2.05) is 0 Å². The summed E-state index contributed by atoms with van der Waals surface area (Å²) in [6.45, 7) is 0. The molecule has 0 fully saturated rings. The summed E-state index contributed by atoms with van der Waals surface area (Å²) < 4.78 is 32.8. The first kappa shape index (κ1) is 12.9. The molecule has 0 aliphatic heterocycles. The zero-order valence-electron chi connectivity index (χ0n) is 8.54. The fourth-order valence-corrected chi connectivity index (χ4v) is 2.16. The Morgan fingerprint density at radius 3 is 2.12 bits per heavy atom. The van der Waals surface area contributed by atoms with Gasteiger partial charge in [-0.25, -0.2) is 8.42 Å². The van der Waals surface area contributed by atoms with Gasteiger partial charge in [0, 0.05) is 10.8 Å². The zero-order valence-corrected chi connectivity index (χ0v) is 11.4. The number of hydrogen-bond acceptors (Lipinski definition) is 4. The molecule has 0 amide bonds. The maximum Gasteiger partial charge on any atom is 0.125 e. The second-order valence-corrected chi connectivity index (χ2v) is 4.43. The molecule has 0 saturated heterocycles. The Bertz CT molecular complexity index is 622. The van der Waals surface area contributed by atoms with E-state index in [-0.39, 0.29) is 25.9 Å². The van der Waals surface area contributed by atoms with Gasteiger partial charge in [-0.15, -0.1) is 0 Å². The molecule has 1 N–H and O–H groups in total. The number of aromatic hydroxyl groups is 1. The highest BCUT2D eigenvalue weighted by atomic mass is 32.2. The van der Waals surface area contributed by atoms with E-state index in [4.69, 9.17) is 0 Å². The molecule has 2 aromatic carbocycles. The predicted octanol–water partition coefficient (Wildman–Crippen LogP) is 1.24. The Hall–Kier alpha value is -1.16. The fourth-order valence-electron chi connectivity index (χ4n) is 1.47. The lowest BCUT2D eigenvalue weighted by molar-refractivity contribution is 0.463. The van der Waals surface area contributed by atoms with E-state index in [0.29, 0.717) is 5.39 Å². The summed E-state index contributed by atoms with van der Waals surface area (Å²) in [6.07, 6.45) is 0. The van der Waals surface area contributed by atoms with Crippen LogP contribution in [-0.2, 0) is 10.1 Å². The van der Waals surface area contributed by atoms with E-state index in [2.05, 4.69) is 0 Å². The van der Waals surface area contributed by atoms with Gasteiger partial charge in [0.2, 0.25) is 0 Å². The summed E-state index contributed by atoms with van der Waals surface area (Å²) in [4.78, 5) is -0.309. The largest absolute Gasteiger partial charge is 0.744 e. The number of rotatable bonds is 1. The first-order chi connectivity index (χ1) is 7.00. The highest BCUT2D eigenvalue weighted by Crippen LogP contribution is 2.29. The van der Waals surface area contributed by atoms with Gasteiger partial charge in [0.25, 0.3) is 0 Å². The minimum absolute atomic E-state index is 0. The fraction of sp³-hybridized carbons (Fsp3) is 0. The molecule has 16 heavy (non-hydrogen) atoms. The van der Waals surface area contributed by atoms with E-state index < -0.39 is 10.1 Å². The number of phenolic OH excluding ortho intramolecular Hbond substituents is 1. The van der Waals surface area contributed by atoms with Crippen LogP contribution in [0.4, 0.5) is 0 Å². The molecule has 0 spiro atoms. The minimum atomic E-state index is -4.51. The van der Waals surface area contributed by atoms with Crippen molar-refractivity contribution in [3.8, 4) is 5.75 Å². The molecule has 0 aliphatic rings. The number of benzene rings is 2. The van der Waals surface area contributed by atoms with Crippen molar-refractivity contribution in [3.63, 3.8) is 0 Å². The molecule has 6 heteroatoms. The van der Waals surface area contributed by atoms with E-state index in [0.717, 1.165) is 6.07 Å². The highest BCUT2D eigenvalue weighted by Gasteiger charge is 2.08. The Morgan fingerprint density at radius 1 is 1.00 bits per heavy atom. The predicted molar refractivity (Wildman–Crippen MR) is 66.1 cm³/mol. The molecule has 0 aliphatic carbocycles. The molecule has 2 rings (SSSR count). The van der Waals surface area contributed by atoms with Gasteiger partial charge >= 0.3 is 0 Å². The van der Waals surface area contributed by atoms with Crippen molar-refractivity contribution in [2.24, 2.45) is 0 Å². The molecular weight excluding hydrogens is 247 g/mol. The Morgan fingerprint density at radius 2 is 1.56 bits per heavy atom. The summed E-state index contributed by atoms with van der Waals surface area (Å²) in [7, 11) is -4.51. The van der Waals surface area contributed by atoms with Crippen LogP contribution in [0, 0.1) is 0 Å². The molecule has 0 heterocycles. The number of hydrogen-bond donors (Lipinski definition) is 1. The lowest BCUT2D eigenvalue weighted by atomic mass is 10.1. The second-order valence-electron chi connectivity index (χ2n) is 3.08. The van der Waals surface area contributed by atoms with Gasteiger partial charge < -0.3 is 9.66 Å². The van der Waals surface area contributed by atoms with Crippen LogP contribution in [0.25, 0.3) is 10.8 Å². The van der Waals surface area contributed by atoms with Crippen molar-refractivity contribution in [2.45, 2.75) is 4.90 Å². The van der Waals surface area contributed by atoms with E-state index in [9.17, 15) is 18.1 Å². The minimum Gasteiger partial charge on any atom is -0.744 e. The zero-order chi connectivity index (χ0) is 11.1. The third kappa shape index (κ3) is 2.16. The second kappa shape index (κ2) is 4.37. The maximum atomic E-state index is 10.9. The molecule has 0 saturated carbocycles. The molecular formula is C10H11O4PS. The molecule has 0 bridgehead atoms. The molecule has 4 nitrogen and oxygen atoms in total. The molecule has 86 valence electrons. The monoisotopic (exact) mass is 258 g/mol. The van der Waals surface area contributed by atoms with Crippen molar-refractivity contribution in [1.29, 1.82) is 0 Å². The number of phenols is 1. The lowest BCUT2D eigenvalue weighted by Gasteiger charge is -2.11. The van der Waals surface area contributed by atoms with Gasteiger partial charge in [-0.3, -0.25) is 0 Å². The van der Waals surface area contributed by atoms with E-state index in [1.54, 1.807) is 18.2 Å². The Kier molecular flexibility index (Phi) is 3.53. The van der Waals surface area contributed by atoms with Crippen LogP contribution in [0.3, 0.4) is 0 Å². The first-order valence-corrected chi connectivity index (χ1v) is 5.57. The smallest absolute Gasteiger partial charge is 0.125 e. The van der Waals surface area contributed by atoms with Gasteiger partial charge in [0.05, 0.1) is 4.90 Å². The average Bonchev–Trinajstić information content (AvgIpc) is 2.17. The van der Waals surface area contributed by atoms with Crippen molar-refractivity contribution in [1.82, 2.24) is 0 Å². The van der Waals surface area contributed by atoms with Gasteiger partial charge in [-0.05, 0) is 22.0 Å². The van der Waals surface area contributed by atoms with Gasteiger partial charge in [0.1, 0.15) is 15.9 Å². The topological polar surface area (TPSA) is 77.4 Å². The van der Waals surface area contributed by atoms with Crippen molar-refractivity contribution in [3.05, 3.63) is 36.4 Å². The lowest BCUT2D eigenvalue weighted by Crippen LogP contribution is -1.99. The van der Waals surface area contributed by atoms with Crippen LogP contribution in [-0.4, -0.2) is 18.1 Å². The molecule has 0 radical (unpaired) electrons. The third-order valence-electron chi connectivity index (χ3n) is 2.13. The van der Waals surface area contributed by atoms with Crippen LogP contribution >= 0.6 is 9.90 Å². The van der Waals surface area contributed by atoms with Gasteiger partial charge in [-0.2, -0.15) is 0 Å². The average molecular weight is 258 g/mol. The standard InChI is InChI=1S/C10H8O4S.H3P/c11-9-5-6-10(15(12,13)14)8-4-2-1-3-7(8)9;/h1-6,11H,(H,12,13,14);1H3. The third-order valence-corrected chi connectivity index (χ3v) is 3.03. The molecule has 1 unspecified atom stereocenters. The van der Waals surface area contributed by atoms with E-state index in [1.165, 1.54) is 12.1 Å². The van der Waals surface area contributed by atoms with Crippen LogP contribution < -0.4 is 0 Å². The summed E-state index contributed by atoms with van der Waals surface area (Å²) >= 11 is 0. The van der Waals surface area contributed by atoms with Crippen LogP contribution in [0.15, 0.2) is 41.3 Å². The highest BCUT2D eigenvalue weighted by molar-refractivity contribution is 7.86. The number of fused-ring (bicyclic) bond motifs is 1. The molecule has 1 atom stereocenters. The van der Waals surface area contributed by atoms with Gasteiger partial charge in [0.15, 0.2) is 0 Å². The summed E-state index contributed by atoms with van der Waals surface area (Å²) in [5.74, 6) is -0.0435. The summed E-state index contributed by atoms with van der Waals surface area (Å²) in [6, 6.07) is 8.62. The van der Waals surface area contributed by atoms with Crippen LogP contribution in [0.5, 0.6) is 5.75 Å². The quantitative estimate of drug-likeness (QED) is 0.616. The first-order valence-electron chi connectivity index (χ1n) is 4.17. The van der Waals surface area contributed by atoms with Crippen LogP contribution in [0.2, 0.25) is 0 Å². The Labute approximate surface area is 96.3 Å². The van der Waals surface area contributed by atoms with Crippen LogP contribution in [0.1, 0.15) is 0 Å². The molecule has 2 aromatic rings. The van der Waals surface area contributed by atoms with Gasteiger partial charge in [-0.1, -0.05) is 24.3 Å². The van der Waals surface area contributed by atoms with Crippen molar-refractivity contribution < 1.29 is 18.1 Å². The maximum absolute atomic E-state index is 10.9. The molecule has 0 aromatic heterocycles. The summed E-state index contributed by atoms with van der Waals surface area (Å²) in [5, 5.41) is 10.1. The Balaban J connectivity index is 0.00000128. The normalized spacial score (nSPS) is 11.1. The SMILES string of the molecule is O=S(=O)([O-])c1ccc(O)c2ccccc12.[PH4+]. The van der Waals surface area contributed by atoms with Crippen molar-refractivity contribution in [2.75, 3.05) is 0 Å². The van der Waals surface area contributed by atoms with Crippen molar-refractivity contribution >= 4 is 30.8 Å². The summed E-state index contributed by atoms with van der Waals surface area (Å²) in [5.41, 5.74) is 0.